The molecule has 3 atom stereocenters. The predicted molar refractivity (Wildman–Crippen MR) is 101 cm³/mol. The first kappa shape index (κ1) is 23.1. The van der Waals surface area contributed by atoms with Crippen molar-refractivity contribution in [1.82, 2.24) is 4.90 Å². The topological polar surface area (TPSA) is 29.5 Å². The Kier molecular flexibility index (Phi) is 6.36. The average molecular weight is 445 g/mol. The van der Waals surface area contributed by atoms with Crippen molar-refractivity contribution in [2.75, 3.05) is 13.1 Å². The summed E-state index contributed by atoms with van der Waals surface area (Å²) in [7, 11) is 0. The molecule has 1 fully saturated rings. The molecule has 0 N–H and O–H groups in total. The van der Waals surface area contributed by atoms with Gasteiger partial charge in [0.1, 0.15) is 0 Å². The molecule has 0 spiro atoms. The van der Waals surface area contributed by atoms with E-state index in [1.165, 1.54) is 13.8 Å². The van der Waals surface area contributed by atoms with E-state index in [0.29, 0.717) is 18.7 Å². The Balaban J connectivity index is 1.91. The molecule has 2 aromatic carbocycles. The van der Waals surface area contributed by atoms with Crippen LogP contribution in [0.1, 0.15) is 48.1 Å². The number of halogens is 6. The van der Waals surface area contributed by atoms with Gasteiger partial charge < -0.3 is 9.64 Å². The van der Waals surface area contributed by atoms with E-state index < -0.39 is 35.7 Å². The third-order valence-electron chi connectivity index (χ3n) is 5.40. The molecule has 1 amide bonds. The van der Waals surface area contributed by atoms with E-state index in [1.54, 1.807) is 4.90 Å². The molecule has 1 aliphatic rings. The molecular formula is C22H21F6NO2. The quantitative estimate of drug-likeness (QED) is 0.556. The first-order valence-electron chi connectivity index (χ1n) is 9.61. The minimum absolute atomic E-state index is 0.0933. The number of nitrogens with zero attached hydrogens (tertiary/aromatic N) is 1. The van der Waals surface area contributed by atoms with Gasteiger partial charge in [0.25, 0.3) is 0 Å². The minimum Gasteiger partial charge on any atom is -0.368 e. The Bertz CT molecular complexity index is 894. The summed E-state index contributed by atoms with van der Waals surface area (Å²) >= 11 is 0. The SMILES string of the molecule is CC(=O)N1C[C@H](OC(C)c2cc(C(F)(F)F)cc(C(F)(F)F)c2)[C@@H](c2ccccc2)C1. The Morgan fingerprint density at radius 1 is 0.968 bits per heavy atom. The molecule has 1 aliphatic heterocycles. The number of carbonyl (C=O) groups is 1. The summed E-state index contributed by atoms with van der Waals surface area (Å²) in [5.74, 6) is -0.432. The lowest BCUT2D eigenvalue weighted by Gasteiger charge is -2.25. The first-order valence-corrected chi connectivity index (χ1v) is 9.61. The van der Waals surface area contributed by atoms with Crippen LogP contribution in [-0.4, -0.2) is 30.0 Å². The normalized spacial score (nSPS) is 20.7. The number of hydrogen-bond acceptors (Lipinski definition) is 2. The smallest absolute Gasteiger partial charge is 0.368 e. The standard InChI is InChI=1S/C22H21F6NO2/c1-13(16-8-17(21(23,24)25)10-18(9-16)22(26,27)28)31-20-12-29(14(2)30)11-19(20)15-6-4-3-5-7-15/h3-10,13,19-20H,11-12H2,1-2H3/t13?,19-,20+/m1/s1. The van der Waals surface area contributed by atoms with Gasteiger partial charge in [-0.1, -0.05) is 30.3 Å². The highest BCUT2D eigenvalue weighted by atomic mass is 19.4. The van der Waals surface area contributed by atoms with Gasteiger partial charge in [-0.3, -0.25) is 4.79 Å². The molecule has 0 aromatic heterocycles. The molecule has 1 saturated heterocycles. The number of rotatable bonds is 4. The number of alkyl halides is 6. The van der Waals surface area contributed by atoms with Crippen molar-refractivity contribution in [3.63, 3.8) is 0 Å². The van der Waals surface area contributed by atoms with Crippen LogP contribution in [0.25, 0.3) is 0 Å². The van der Waals surface area contributed by atoms with Gasteiger partial charge in [-0.25, -0.2) is 0 Å². The summed E-state index contributed by atoms with van der Waals surface area (Å²) in [4.78, 5) is 13.4. The van der Waals surface area contributed by atoms with Crippen molar-refractivity contribution in [2.45, 2.75) is 44.3 Å². The molecule has 9 heteroatoms. The molecule has 0 radical (unpaired) electrons. The summed E-state index contributed by atoms with van der Waals surface area (Å²) in [6, 6.07) is 10.6. The van der Waals surface area contributed by atoms with Crippen LogP contribution in [-0.2, 0) is 21.9 Å². The fourth-order valence-corrected chi connectivity index (χ4v) is 3.74. The number of hydrogen-bond donors (Lipinski definition) is 0. The fraction of sp³-hybridized carbons (Fsp3) is 0.409. The Morgan fingerprint density at radius 3 is 2.00 bits per heavy atom. The van der Waals surface area contributed by atoms with Gasteiger partial charge in [0, 0.05) is 25.9 Å². The zero-order chi connectivity index (χ0) is 23.0. The summed E-state index contributed by atoms with van der Waals surface area (Å²) in [5.41, 5.74) is -2.12. The van der Waals surface area contributed by atoms with Crippen LogP contribution in [0.4, 0.5) is 26.3 Å². The fourth-order valence-electron chi connectivity index (χ4n) is 3.74. The average Bonchev–Trinajstić information content (AvgIpc) is 3.11. The maximum Gasteiger partial charge on any atom is 0.416 e. The number of ether oxygens (including phenoxy) is 1. The molecule has 1 unspecified atom stereocenters. The minimum atomic E-state index is -4.93. The van der Waals surface area contributed by atoms with Gasteiger partial charge >= 0.3 is 12.4 Å². The molecular weight excluding hydrogens is 424 g/mol. The molecule has 31 heavy (non-hydrogen) atoms. The highest BCUT2D eigenvalue weighted by molar-refractivity contribution is 5.73. The highest BCUT2D eigenvalue weighted by Gasteiger charge is 2.39. The van der Waals surface area contributed by atoms with E-state index in [1.807, 2.05) is 30.3 Å². The molecule has 0 bridgehead atoms. The van der Waals surface area contributed by atoms with E-state index >= 15 is 0 Å². The summed E-state index contributed by atoms with van der Waals surface area (Å²) < 4.78 is 85.0. The van der Waals surface area contributed by atoms with Crippen LogP contribution in [0.2, 0.25) is 0 Å². The third kappa shape index (κ3) is 5.39. The molecule has 0 aliphatic carbocycles. The van der Waals surface area contributed by atoms with Crippen LogP contribution >= 0.6 is 0 Å². The van der Waals surface area contributed by atoms with Crippen molar-refractivity contribution < 1.29 is 35.9 Å². The maximum atomic E-state index is 13.2. The number of amides is 1. The molecule has 2 aromatic rings. The van der Waals surface area contributed by atoms with E-state index in [9.17, 15) is 31.1 Å². The van der Waals surface area contributed by atoms with Crippen LogP contribution in [0, 0.1) is 0 Å². The van der Waals surface area contributed by atoms with Gasteiger partial charge in [-0.2, -0.15) is 26.3 Å². The largest absolute Gasteiger partial charge is 0.416 e. The lowest BCUT2D eigenvalue weighted by atomic mass is 9.95. The molecule has 0 saturated carbocycles. The first-order chi connectivity index (χ1) is 14.4. The summed E-state index contributed by atoms with van der Waals surface area (Å²) in [6.07, 6.45) is -11.5. The lowest BCUT2D eigenvalue weighted by molar-refractivity contribution is -0.143. The number of likely N-dealkylation sites (tertiary alicyclic amines) is 1. The van der Waals surface area contributed by atoms with Gasteiger partial charge in [-0.05, 0) is 36.2 Å². The van der Waals surface area contributed by atoms with Crippen molar-refractivity contribution >= 4 is 5.91 Å². The second kappa shape index (κ2) is 8.53. The van der Waals surface area contributed by atoms with Gasteiger partial charge in [-0.15, -0.1) is 0 Å². The van der Waals surface area contributed by atoms with Crippen molar-refractivity contribution in [1.29, 1.82) is 0 Å². The predicted octanol–water partition coefficient (Wildman–Crippen LogP) is 5.82. The molecule has 1 heterocycles. The van der Waals surface area contributed by atoms with Crippen molar-refractivity contribution in [3.8, 4) is 0 Å². The Morgan fingerprint density at radius 2 is 1.52 bits per heavy atom. The zero-order valence-electron chi connectivity index (χ0n) is 16.8. The van der Waals surface area contributed by atoms with E-state index in [0.717, 1.165) is 5.56 Å². The third-order valence-corrected chi connectivity index (χ3v) is 5.40. The van der Waals surface area contributed by atoms with Crippen LogP contribution in [0.5, 0.6) is 0 Å². The zero-order valence-corrected chi connectivity index (χ0v) is 16.8. The molecule has 168 valence electrons. The highest BCUT2D eigenvalue weighted by Crippen LogP contribution is 2.39. The van der Waals surface area contributed by atoms with Gasteiger partial charge in [0.2, 0.25) is 5.91 Å². The van der Waals surface area contributed by atoms with Crippen LogP contribution < -0.4 is 0 Å². The van der Waals surface area contributed by atoms with Crippen LogP contribution in [0.15, 0.2) is 48.5 Å². The Hall–Kier alpha value is -2.55. The van der Waals surface area contributed by atoms with Gasteiger partial charge in [0.05, 0.1) is 23.3 Å². The summed E-state index contributed by atoms with van der Waals surface area (Å²) in [5, 5.41) is 0. The van der Waals surface area contributed by atoms with Crippen molar-refractivity contribution in [2.24, 2.45) is 0 Å². The van der Waals surface area contributed by atoms with E-state index in [2.05, 4.69) is 0 Å². The number of carbonyl (C=O) groups excluding carboxylic acids is 1. The Labute approximate surface area is 175 Å². The second-order valence-electron chi connectivity index (χ2n) is 7.60. The summed E-state index contributed by atoms with van der Waals surface area (Å²) in [6.45, 7) is 3.36. The lowest BCUT2D eigenvalue weighted by Crippen LogP contribution is -2.28. The van der Waals surface area contributed by atoms with E-state index in [4.69, 9.17) is 4.74 Å². The molecule has 3 rings (SSSR count). The second-order valence-corrected chi connectivity index (χ2v) is 7.60. The van der Waals surface area contributed by atoms with E-state index in [-0.39, 0.29) is 30.0 Å². The number of benzene rings is 2. The van der Waals surface area contributed by atoms with Crippen LogP contribution in [0.3, 0.4) is 0 Å². The van der Waals surface area contributed by atoms with Gasteiger partial charge in [0.15, 0.2) is 0 Å². The molecule has 3 nitrogen and oxygen atoms in total. The van der Waals surface area contributed by atoms with Crippen molar-refractivity contribution in [3.05, 3.63) is 70.8 Å². The maximum absolute atomic E-state index is 13.2. The monoisotopic (exact) mass is 445 g/mol.